The monoisotopic (exact) mass is 307 g/mol. The Labute approximate surface area is 128 Å². The number of thiazole rings is 1. The number of hydrogen-bond donors (Lipinski definition) is 1. The maximum atomic E-state index is 13.0. The Balaban J connectivity index is 1.93. The number of hydrogen-bond acceptors (Lipinski definition) is 4. The first kappa shape index (κ1) is 14.5. The van der Waals surface area contributed by atoms with Crippen LogP contribution < -0.4 is 5.32 Å². The fourth-order valence-electron chi connectivity index (χ4n) is 3.29. The van der Waals surface area contributed by atoms with E-state index in [0.29, 0.717) is 6.54 Å². The number of nitrogens with zero attached hydrogens (tertiary/aromatic N) is 2. The first-order chi connectivity index (χ1) is 9.85. The summed E-state index contributed by atoms with van der Waals surface area (Å²) >= 11 is 1.57. The molecule has 2 fully saturated rings. The lowest BCUT2D eigenvalue weighted by Gasteiger charge is -2.48. The first-order valence-electron chi connectivity index (χ1n) is 7.41. The third-order valence-electron chi connectivity index (χ3n) is 4.68. The van der Waals surface area contributed by atoms with Crippen LogP contribution in [0.25, 0.3) is 0 Å². The molecule has 2 heterocycles. The lowest BCUT2D eigenvalue weighted by atomic mass is 9.86. The highest BCUT2D eigenvalue weighted by Gasteiger charge is 2.55. The summed E-state index contributed by atoms with van der Waals surface area (Å²) in [7, 11) is 0. The molecule has 1 aromatic rings. The molecule has 0 unspecified atom stereocenters. The van der Waals surface area contributed by atoms with Gasteiger partial charge >= 0.3 is 0 Å². The number of carbonyl (C=O) groups is 2. The summed E-state index contributed by atoms with van der Waals surface area (Å²) in [5.74, 6) is -0.00814. The van der Waals surface area contributed by atoms with Gasteiger partial charge in [0.2, 0.25) is 11.8 Å². The zero-order chi connectivity index (χ0) is 15.3. The minimum absolute atomic E-state index is 0.0512. The van der Waals surface area contributed by atoms with Crippen molar-refractivity contribution >= 4 is 23.2 Å². The number of aromatic nitrogens is 1. The van der Waals surface area contributed by atoms with Crippen molar-refractivity contribution in [1.29, 1.82) is 0 Å². The molecular formula is C15H21N3O2S. The standard InChI is InChI=1S/C15H21N3O2S/c1-10-16-11(9-21-10)8-18-13(20)15(6-4-5-7-15)17-12(19)14(18,2)3/h9H,4-8H2,1-3H3,(H,17,19). The largest absolute Gasteiger partial charge is 0.340 e. The van der Waals surface area contributed by atoms with Crippen LogP contribution in [0.2, 0.25) is 0 Å². The van der Waals surface area contributed by atoms with E-state index in [-0.39, 0.29) is 11.8 Å². The molecule has 0 atom stereocenters. The zero-order valence-corrected chi connectivity index (χ0v) is 13.5. The highest BCUT2D eigenvalue weighted by molar-refractivity contribution is 7.09. The number of nitrogens with one attached hydrogen (secondary N) is 1. The smallest absolute Gasteiger partial charge is 0.249 e. The Morgan fingerprint density at radius 1 is 1.33 bits per heavy atom. The number of amides is 2. The van der Waals surface area contributed by atoms with Crippen LogP contribution in [0.4, 0.5) is 0 Å². The van der Waals surface area contributed by atoms with Crippen LogP contribution >= 0.6 is 11.3 Å². The van der Waals surface area contributed by atoms with Crippen molar-refractivity contribution in [2.75, 3.05) is 0 Å². The molecule has 1 aromatic heterocycles. The summed E-state index contributed by atoms with van der Waals surface area (Å²) in [5.41, 5.74) is -0.637. The van der Waals surface area contributed by atoms with Gasteiger partial charge in [0.1, 0.15) is 11.1 Å². The van der Waals surface area contributed by atoms with Gasteiger partial charge in [-0.15, -0.1) is 11.3 Å². The molecule has 1 aliphatic carbocycles. The minimum atomic E-state index is -0.831. The average Bonchev–Trinajstić information content (AvgIpc) is 3.03. The van der Waals surface area contributed by atoms with Gasteiger partial charge in [-0.3, -0.25) is 9.59 Å². The van der Waals surface area contributed by atoms with Crippen LogP contribution in [-0.4, -0.2) is 32.8 Å². The average molecular weight is 307 g/mol. The predicted octanol–water partition coefficient (Wildman–Crippen LogP) is 2.00. The molecule has 1 saturated carbocycles. The highest BCUT2D eigenvalue weighted by atomic mass is 32.1. The van der Waals surface area contributed by atoms with E-state index < -0.39 is 11.1 Å². The topological polar surface area (TPSA) is 62.3 Å². The highest BCUT2D eigenvalue weighted by Crippen LogP contribution is 2.38. The Morgan fingerprint density at radius 3 is 2.57 bits per heavy atom. The Kier molecular flexibility index (Phi) is 3.31. The molecular weight excluding hydrogens is 286 g/mol. The molecule has 1 spiro atoms. The second-order valence-corrected chi connectivity index (χ2v) is 7.61. The van der Waals surface area contributed by atoms with Crippen LogP contribution in [0.5, 0.6) is 0 Å². The van der Waals surface area contributed by atoms with Gasteiger partial charge in [-0.1, -0.05) is 12.8 Å². The molecule has 1 saturated heterocycles. The molecule has 2 aliphatic rings. The third kappa shape index (κ3) is 2.25. The van der Waals surface area contributed by atoms with Gasteiger partial charge in [-0.25, -0.2) is 4.98 Å². The van der Waals surface area contributed by atoms with Gasteiger partial charge < -0.3 is 10.2 Å². The van der Waals surface area contributed by atoms with Crippen molar-refractivity contribution in [3.05, 3.63) is 16.1 Å². The van der Waals surface area contributed by atoms with Gasteiger partial charge in [0.15, 0.2) is 0 Å². The van der Waals surface area contributed by atoms with Crippen molar-refractivity contribution in [1.82, 2.24) is 15.2 Å². The summed E-state index contributed by atoms with van der Waals surface area (Å²) < 4.78 is 0. The quantitative estimate of drug-likeness (QED) is 0.909. The molecule has 114 valence electrons. The van der Waals surface area contributed by atoms with E-state index in [0.717, 1.165) is 36.4 Å². The number of carbonyl (C=O) groups excluding carboxylic acids is 2. The van der Waals surface area contributed by atoms with Crippen LogP contribution in [-0.2, 0) is 16.1 Å². The van der Waals surface area contributed by atoms with Crippen molar-refractivity contribution in [2.24, 2.45) is 0 Å². The van der Waals surface area contributed by atoms with Gasteiger partial charge in [0, 0.05) is 5.38 Å². The normalized spacial score (nSPS) is 23.7. The van der Waals surface area contributed by atoms with Crippen molar-refractivity contribution < 1.29 is 9.59 Å². The molecule has 2 amide bonds. The molecule has 3 rings (SSSR count). The fraction of sp³-hybridized carbons (Fsp3) is 0.667. The molecule has 0 bridgehead atoms. The van der Waals surface area contributed by atoms with E-state index in [1.807, 2.05) is 12.3 Å². The molecule has 6 heteroatoms. The van der Waals surface area contributed by atoms with E-state index in [4.69, 9.17) is 0 Å². The van der Waals surface area contributed by atoms with Crippen molar-refractivity contribution in [3.63, 3.8) is 0 Å². The summed E-state index contributed by atoms with van der Waals surface area (Å²) in [6.07, 6.45) is 3.49. The number of rotatable bonds is 2. The van der Waals surface area contributed by atoms with Crippen molar-refractivity contribution in [3.8, 4) is 0 Å². The minimum Gasteiger partial charge on any atom is -0.340 e. The van der Waals surface area contributed by atoms with Gasteiger partial charge in [-0.2, -0.15) is 0 Å². The maximum absolute atomic E-state index is 13.0. The van der Waals surface area contributed by atoms with Crippen LogP contribution in [0, 0.1) is 6.92 Å². The Hall–Kier alpha value is -1.43. The van der Waals surface area contributed by atoms with Crippen LogP contribution in [0.15, 0.2) is 5.38 Å². The fourth-order valence-corrected chi connectivity index (χ4v) is 3.89. The van der Waals surface area contributed by atoms with Gasteiger partial charge in [-0.05, 0) is 33.6 Å². The molecule has 21 heavy (non-hydrogen) atoms. The van der Waals surface area contributed by atoms with Gasteiger partial charge in [0.25, 0.3) is 0 Å². The second kappa shape index (κ2) is 4.80. The predicted molar refractivity (Wildman–Crippen MR) is 80.8 cm³/mol. The molecule has 5 nitrogen and oxygen atoms in total. The zero-order valence-electron chi connectivity index (χ0n) is 12.7. The van der Waals surface area contributed by atoms with Crippen LogP contribution in [0.3, 0.4) is 0 Å². The van der Waals surface area contributed by atoms with E-state index in [2.05, 4.69) is 10.3 Å². The van der Waals surface area contributed by atoms with Crippen molar-refractivity contribution in [2.45, 2.75) is 64.1 Å². The van der Waals surface area contributed by atoms with Crippen LogP contribution in [0.1, 0.15) is 50.2 Å². The molecule has 1 aliphatic heterocycles. The molecule has 0 aromatic carbocycles. The summed E-state index contributed by atoms with van der Waals surface area (Å²) in [4.78, 5) is 31.7. The lowest BCUT2D eigenvalue weighted by Crippen LogP contribution is -2.73. The first-order valence-corrected chi connectivity index (χ1v) is 8.29. The Bertz CT molecular complexity index is 587. The Morgan fingerprint density at radius 2 is 2.00 bits per heavy atom. The summed E-state index contributed by atoms with van der Waals surface area (Å²) in [5, 5.41) is 5.95. The molecule has 0 radical (unpaired) electrons. The van der Waals surface area contributed by atoms with Gasteiger partial charge in [0.05, 0.1) is 17.2 Å². The summed E-state index contributed by atoms with van der Waals surface area (Å²) in [6, 6.07) is 0. The maximum Gasteiger partial charge on any atom is 0.249 e. The van der Waals surface area contributed by atoms with E-state index in [1.54, 1.807) is 30.1 Å². The summed E-state index contributed by atoms with van der Waals surface area (Å²) in [6.45, 7) is 5.97. The molecule has 1 N–H and O–H groups in total. The SMILES string of the molecule is Cc1nc(CN2C(=O)C3(CCCC3)NC(=O)C2(C)C)cs1. The second-order valence-electron chi connectivity index (χ2n) is 6.55. The lowest BCUT2D eigenvalue weighted by molar-refractivity contribution is -0.161. The van der Waals surface area contributed by atoms with E-state index in [9.17, 15) is 9.59 Å². The number of piperazine rings is 1. The van der Waals surface area contributed by atoms with E-state index >= 15 is 0 Å². The third-order valence-corrected chi connectivity index (χ3v) is 5.50. The number of aryl methyl sites for hydroxylation is 1. The van der Waals surface area contributed by atoms with E-state index in [1.165, 1.54) is 0 Å².